The Morgan fingerprint density at radius 3 is 3.08 bits per heavy atom. The fourth-order valence-electron chi connectivity index (χ4n) is 0.741. The summed E-state index contributed by atoms with van der Waals surface area (Å²) in [5.74, 6) is -0.0548. The van der Waals surface area contributed by atoms with E-state index < -0.39 is 6.02 Å². The lowest BCUT2D eigenvalue weighted by molar-refractivity contribution is -0.436. The molecule has 0 aromatic rings. The number of allylic oxidation sites excluding steroid dienone is 1. The molecule has 0 atom stereocenters. The monoisotopic (exact) mass is 179 g/mol. The standard InChI is InChI=1S/C8H9N3O2/c9-7-3-5-11(8(13)10-7)4-1-2-6-12/h1-5,12H,6H2,(H-,9,10,13)/b2-1+,11-4+. The fourth-order valence-corrected chi connectivity index (χ4v) is 0.741. The first-order valence-corrected chi connectivity index (χ1v) is 3.65. The van der Waals surface area contributed by atoms with E-state index in [4.69, 9.17) is 10.5 Å². The summed E-state index contributed by atoms with van der Waals surface area (Å²) in [6, 6.07) is -0.505. The van der Waals surface area contributed by atoms with Gasteiger partial charge in [-0.15, -0.1) is 0 Å². The average molecular weight is 179 g/mol. The molecule has 0 spiro atoms. The minimum Gasteiger partial charge on any atom is -0.807 e. The Kier molecular flexibility index (Phi) is 3.10. The van der Waals surface area contributed by atoms with Gasteiger partial charge in [0.1, 0.15) is 6.20 Å². The molecule has 68 valence electrons. The Bertz CT molecular complexity index is 326. The van der Waals surface area contributed by atoms with E-state index in [1.165, 1.54) is 35.2 Å². The van der Waals surface area contributed by atoms with Crippen LogP contribution in [0.3, 0.4) is 0 Å². The molecular weight excluding hydrogens is 170 g/mol. The lowest BCUT2D eigenvalue weighted by Gasteiger charge is -2.05. The molecule has 1 aliphatic heterocycles. The van der Waals surface area contributed by atoms with E-state index >= 15 is 0 Å². The van der Waals surface area contributed by atoms with Crippen molar-refractivity contribution in [2.24, 2.45) is 4.99 Å². The summed E-state index contributed by atoms with van der Waals surface area (Å²) >= 11 is 0. The largest absolute Gasteiger partial charge is 0.807 e. The van der Waals surface area contributed by atoms with Crippen molar-refractivity contribution in [3.05, 3.63) is 24.4 Å². The summed E-state index contributed by atoms with van der Waals surface area (Å²) in [4.78, 5) is 3.40. The maximum atomic E-state index is 11.0. The molecule has 0 fully saturated rings. The van der Waals surface area contributed by atoms with Crippen molar-refractivity contribution in [1.82, 2.24) is 0 Å². The Morgan fingerprint density at radius 2 is 2.46 bits per heavy atom. The van der Waals surface area contributed by atoms with Crippen LogP contribution in [-0.4, -0.2) is 34.4 Å². The van der Waals surface area contributed by atoms with E-state index in [9.17, 15) is 5.11 Å². The second-order valence-corrected chi connectivity index (χ2v) is 2.26. The third kappa shape index (κ3) is 2.64. The number of nitrogens with one attached hydrogen (secondary N) is 1. The van der Waals surface area contributed by atoms with Gasteiger partial charge in [-0.1, -0.05) is 6.08 Å². The van der Waals surface area contributed by atoms with Gasteiger partial charge in [-0.05, 0) is 11.1 Å². The third-order valence-electron chi connectivity index (χ3n) is 1.32. The van der Waals surface area contributed by atoms with Gasteiger partial charge < -0.3 is 10.2 Å². The highest BCUT2D eigenvalue weighted by Gasteiger charge is 2.07. The quantitative estimate of drug-likeness (QED) is 0.524. The molecule has 0 amide bonds. The Balaban J connectivity index is 2.77. The maximum Gasteiger partial charge on any atom is 0.277 e. The molecule has 2 N–H and O–H groups in total. The first-order valence-electron chi connectivity index (χ1n) is 3.65. The molecule has 0 bridgehead atoms. The van der Waals surface area contributed by atoms with Gasteiger partial charge in [0.15, 0.2) is 0 Å². The molecule has 1 heterocycles. The number of hydrogen-bond donors (Lipinski definition) is 2. The van der Waals surface area contributed by atoms with E-state index in [1.807, 2.05) is 0 Å². The van der Waals surface area contributed by atoms with Crippen LogP contribution in [0.15, 0.2) is 29.4 Å². The van der Waals surface area contributed by atoms with E-state index in [1.54, 1.807) is 0 Å². The zero-order valence-electron chi connectivity index (χ0n) is 6.84. The fraction of sp³-hybridized carbons (Fsp3) is 0.125. The summed E-state index contributed by atoms with van der Waals surface area (Å²) < 4.78 is 1.23. The first kappa shape index (κ1) is 9.34. The van der Waals surface area contributed by atoms with Crippen molar-refractivity contribution < 1.29 is 14.8 Å². The topological polar surface area (TPSA) is 82.5 Å². The zero-order valence-corrected chi connectivity index (χ0v) is 6.84. The smallest absolute Gasteiger partial charge is 0.277 e. The van der Waals surface area contributed by atoms with Crippen LogP contribution >= 0.6 is 0 Å². The van der Waals surface area contributed by atoms with Crippen molar-refractivity contribution >= 4 is 18.1 Å². The van der Waals surface area contributed by atoms with Crippen molar-refractivity contribution in [2.75, 3.05) is 6.61 Å². The SMILES string of the molecule is N=C1C=C/[N+](=C\C=C\CO)C([O-])=N1. The van der Waals surface area contributed by atoms with Crippen LogP contribution in [0.4, 0.5) is 0 Å². The van der Waals surface area contributed by atoms with Crippen LogP contribution in [0.1, 0.15) is 0 Å². The number of aliphatic hydroxyl groups excluding tert-OH is 1. The minimum atomic E-state index is -0.505. The summed E-state index contributed by atoms with van der Waals surface area (Å²) in [5.41, 5.74) is 0. The molecule has 0 saturated heterocycles. The molecule has 5 nitrogen and oxygen atoms in total. The van der Waals surface area contributed by atoms with Gasteiger partial charge in [-0.3, -0.25) is 5.41 Å². The summed E-state index contributed by atoms with van der Waals surface area (Å²) in [6.45, 7) is -0.0742. The Hall–Kier alpha value is -1.75. The van der Waals surface area contributed by atoms with Gasteiger partial charge in [0.05, 0.1) is 12.8 Å². The second kappa shape index (κ2) is 4.32. The lowest BCUT2D eigenvalue weighted by atomic mass is 10.5. The van der Waals surface area contributed by atoms with Gasteiger partial charge in [0.25, 0.3) is 11.9 Å². The molecule has 1 rings (SSSR count). The van der Waals surface area contributed by atoms with Crippen LogP contribution in [0, 0.1) is 5.41 Å². The zero-order chi connectivity index (χ0) is 9.68. The predicted octanol–water partition coefficient (Wildman–Crippen LogP) is -1.16. The molecule has 0 saturated carbocycles. The third-order valence-corrected chi connectivity index (χ3v) is 1.32. The average Bonchev–Trinajstić information content (AvgIpc) is 2.09. The molecule has 0 aromatic heterocycles. The molecule has 0 radical (unpaired) electrons. The Labute approximate surface area is 75.2 Å². The maximum absolute atomic E-state index is 11.0. The minimum absolute atomic E-state index is 0.0548. The van der Waals surface area contributed by atoms with Gasteiger partial charge in [0, 0.05) is 6.08 Å². The number of amidine groups is 2. The van der Waals surface area contributed by atoms with Crippen molar-refractivity contribution in [2.45, 2.75) is 0 Å². The van der Waals surface area contributed by atoms with E-state index in [-0.39, 0.29) is 12.4 Å². The van der Waals surface area contributed by atoms with Crippen LogP contribution in [0.2, 0.25) is 0 Å². The van der Waals surface area contributed by atoms with Gasteiger partial charge in [-0.25, -0.2) is 4.58 Å². The first-order chi connectivity index (χ1) is 6.24. The molecule has 0 unspecified atom stereocenters. The summed E-state index contributed by atoms with van der Waals surface area (Å²) in [6.07, 6.45) is 7.34. The second-order valence-electron chi connectivity index (χ2n) is 2.26. The van der Waals surface area contributed by atoms with Crippen LogP contribution in [0.25, 0.3) is 0 Å². The predicted molar refractivity (Wildman–Crippen MR) is 46.9 cm³/mol. The molecule has 5 heteroatoms. The number of hydrogen-bond acceptors (Lipinski definition) is 3. The van der Waals surface area contributed by atoms with Crippen molar-refractivity contribution in [1.29, 1.82) is 5.41 Å². The van der Waals surface area contributed by atoms with Gasteiger partial charge in [-0.2, -0.15) is 0 Å². The van der Waals surface area contributed by atoms with Crippen molar-refractivity contribution in [3.63, 3.8) is 0 Å². The van der Waals surface area contributed by atoms with E-state index in [2.05, 4.69) is 4.99 Å². The van der Waals surface area contributed by atoms with Crippen LogP contribution in [0.5, 0.6) is 0 Å². The lowest BCUT2D eigenvalue weighted by Crippen LogP contribution is -2.32. The molecule has 1 aliphatic rings. The van der Waals surface area contributed by atoms with Gasteiger partial charge in [0.2, 0.25) is 0 Å². The highest BCUT2D eigenvalue weighted by Crippen LogP contribution is 1.91. The summed E-state index contributed by atoms with van der Waals surface area (Å²) in [5, 5.41) is 26.5. The van der Waals surface area contributed by atoms with Crippen LogP contribution in [-0.2, 0) is 0 Å². The number of aliphatic hydroxyl groups is 1. The van der Waals surface area contributed by atoms with E-state index in [0.29, 0.717) is 0 Å². The van der Waals surface area contributed by atoms with Crippen LogP contribution < -0.4 is 5.11 Å². The number of rotatable bonds is 2. The normalized spacial score (nSPS) is 19.9. The number of aliphatic imine (C=N–C) groups is 1. The van der Waals surface area contributed by atoms with Gasteiger partial charge >= 0.3 is 0 Å². The van der Waals surface area contributed by atoms with E-state index in [0.717, 1.165) is 0 Å². The highest BCUT2D eigenvalue weighted by molar-refractivity contribution is 5.98. The highest BCUT2D eigenvalue weighted by atomic mass is 16.3. The molecule has 0 aliphatic carbocycles. The number of nitrogens with zero attached hydrogens (tertiary/aromatic N) is 2. The molecular formula is C8H9N3O2. The molecule has 0 aromatic carbocycles. The molecule has 13 heavy (non-hydrogen) atoms. The summed E-state index contributed by atoms with van der Waals surface area (Å²) in [7, 11) is 0. The van der Waals surface area contributed by atoms with Crippen molar-refractivity contribution in [3.8, 4) is 0 Å². The Morgan fingerprint density at radius 1 is 1.69 bits per heavy atom.